The highest BCUT2D eigenvalue weighted by molar-refractivity contribution is 9.08. The van der Waals surface area contributed by atoms with Crippen molar-refractivity contribution in [2.24, 2.45) is 0 Å². The maximum atomic E-state index is 12.0. The van der Waals surface area contributed by atoms with Crippen LogP contribution >= 0.6 is 15.9 Å². The first kappa shape index (κ1) is 39.4. The third kappa shape index (κ3) is 15.5. The van der Waals surface area contributed by atoms with E-state index in [2.05, 4.69) is 26.1 Å². The molecule has 0 atom stereocenters. The number of hydrogen-bond donors (Lipinski definition) is 1. The smallest absolute Gasteiger partial charge is 0.410 e. The molecular weight excluding hydrogens is 676 g/mol. The Morgan fingerprint density at radius 1 is 0.702 bits per heavy atom. The van der Waals surface area contributed by atoms with E-state index >= 15 is 0 Å². The van der Waals surface area contributed by atoms with Gasteiger partial charge in [-0.3, -0.25) is 25.1 Å². The van der Waals surface area contributed by atoms with Crippen molar-refractivity contribution in [2.45, 2.75) is 64.6 Å². The number of carbonyl (C=O) groups is 2. The molecule has 2 aliphatic rings. The van der Waals surface area contributed by atoms with E-state index in [0.717, 1.165) is 62.3 Å². The third-order valence-electron chi connectivity index (χ3n) is 6.65. The second kappa shape index (κ2) is 18.5. The molecule has 2 aromatic rings. The summed E-state index contributed by atoms with van der Waals surface area (Å²) in [7, 11) is 0. The molecule has 2 fully saturated rings. The van der Waals surface area contributed by atoms with Crippen LogP contribution in [0.3, 0.4) is 0 Å². The molecule has 260 valence electrons. The number of non-ortho nitro benzene ring substituents is 2. The number of carbonyl (C=O) groups excluding carboxylic acids is 2. The van der Waals surface area contributed by atoms with Gasteiger partial charge in [-0.25, -0.2) is 9.59 Å². The van der Waals surface area contributed by atoms with Crippen LogP contribution in [0.1, 0.15) is 52.7 Å². The van der Waals surface area contributed by atoms with Gasteiger partial charge in [0.15, 0.2) is 0 Å². The number of halogens is 1. The Bertz CT molecular complexity index is 1300. The molecule has 4 rings (SSSR count). The van der Waals surface area contributed by atoms with E-state index in [9.17, 15) is 29.8 Å². The number of alkyl halides is 1. The number of benzene rings is 2. The first-order valence-corrected chi connectivity index (χ1v) is 16.5. The molecule has 2 aromatic carbocycles. The molecule has 0 saturated carbocycles. The number of hydrogen-bond acceptors (Lipinski definition) is 10. The summed E-state index contributed by atoms with van der Waals surface area (Å²) in [6, 6.07) is 13.0. The van der Waals surface area contributed by atoms with Crippen molar-refractivity contribution in [3.05, 3.63) is 79.9 Å². The lowest BCUT2D eigenvalue weighted by atomic mass is 10.2. The molecule has 47 heavy (non-hydrogen) atoms. The van der Waals surface area contributed by atoms with E-state index in [4.69, 9.17) is 9.47 Å². The number of nitro benzene ring substituents is 2. The Morgan fingerprint density at radius 3 is 1.45 bits per heavy atom. The van der Waals surface area contributed by atoms with E-state index in [1.54, 1.807) is 34.1 Å². The van der Waals surface area contributed by atoms with Gasteiger partial charge in [0, 0.05) is 88.5 Å². The van der Waals surface area contributed by atoms with Crippen molar-refractivity contribution >= 4 is 39.5 Å². The predicted octanol–water partition coefficient (Wildman–Crippen LogP) is 5.96. The monoisotopic (exact) mass is 722 g/mol. The highest BCUT2D eigenvalue weighted by atomic mass is 79.9. The Morgan fingerprint density at radius 2 is 1.09 bits per heavy atom. The topological polar surface area (TPSA) is 161 Å². The molecule has 0 aromatic heterocycles. The number of nitro groups is 2. The summed E-state index contributed by atoms with van der Waals surface area (Å²) in [6.45, 7) is 17.9. The number of nitrogens with one attached hydrogen (secondary N) is 1. The summed E-state index contributed by atoms with van der Waals surface area (Å²) in [4.78, 5) is 49.2. The zero-order valence-electron chi connectivity index (χ0n) is 28.1. The van der Waals surface area contributed by atoms with Gasteiger partial charge in [-0.05, 0) is 52.7 Å². The summed E-state index contributed by atoms with van der Waals surface area (Å²) < 4.78 is 10.6. The first-order valence-electron chi connectivity index (χ1n) is 15.4. The van der Waals surface area contributed by atoms with Gasteiger partial charge in [-0.1, -0.05) is 40.2 Å². The molecule has 2 saturated heterocycles. The van der Waals surface area contributed by atoms with Crippen LogP contribution in [0.15, 0.2) is 48.5 Å². The van der Waals surface area contributed by atoms with Gasteiger partial charge in [-0.2, -0.15) is 0 Å². The molecule has 0 unspecified atom stereocenters. The van der Waals surface area contributed by atoms with Crippen molar-refractivity contribution < 1.29 is 28.9 Å². The van der Waals surface area contributed by atoms with Crippen LogP contribution in [-0.2, 0) is 21.3 Å². The van der Waals surface area contributed by atoms with Crippen molar-refractivity contribution in [1.82, 2.24) is 20.0 Å². The second-order valence-electron chi connectivity index (χ2n) is 12.9. The average molecular weight is 724 g/mol. The fraction of sp³-hybridized carbons (Fsp3) is 0.562. The lowest BCUT2D eigenvalue weighted by Crippen LogP contribution is -2.49. The molecule has 0 spiro atoms. The highest BCUT2D eigenvalue weighted by Crippen LogP contribution is 2.17. The molecular formula is C32H47BrN6O8. The van der Waals surface area contributed by atoms with Crippen LogP contribution in [0.25, 0.3) is 0 Å². The van der Waals surface area contributed by atoms with Gasteiger partial charge in [0.25, 0.3) is 11.4 Å². The average Bonchev–Trinajstić information content (AvgIpc) is 3.01. The van der Waals surface area contributed by atoms with Gasteiger partial charge < -0.3 is 24.6 Å². The predicted molar refractivity (Wildman–Crippen MR) is 183 cm³/mol. The number of rotatable bonds is 5. The minimum absolute atomic E-state index is 0.100. The quantitative estimate of drug-likeness (QED) is 0.221. The number of amides is 2. The molecule has 1 N–H and O–H groups in total. The van der Waals surface area contributed by atoms with Gasteiger partial charge in [0.2, 0.25) is 0 Å². The molecule has 14 nitrogen and oxygen atoms in total. The van der Waals surface area contributed by atoms with Crippen molar-refractivity contribution in [3.8, 4) is 0 Å². The fourth-order valence-corrected chi connectivity index (χ4v) is 4.65. The molecule has 2 heterocycles. The van der Waals surface area contributed by atoms with Gasteiger partial charge in [0.05, 0.1) is 9.85 Å². The standard InChI is InChI=1S/C16H23N3O4.C9H18N2O2.C7H6BrNO2/c1-16(2,3)23-15(20)18-10-8-17(9-11-18)12-13-4-6-14(7-5-13)19(21)22;1-9(2,3)13-8(12)11-6-4-10-5-7-11;8-5-6-1-3-7(4-2-6)9(10)11/h4-7H,8-12H2,1-3H3;10H,4-7H2,1-3H3;1-4H,5H2. The third-order valence-corrected chi connectivity index (χ3v) is 7.29. The van der Waals surface area contributed by atoms with Crippen molar-refractivity contribution in [2.75, 3.05) is 52.4 Å². The SMILES string of the molecule is CC(C)(C)OC(=O)N1CCN(Cc2ccc([N+](=O)[O-])cc2)CC1.CC(C)(C)OC(=O)N1CCNCC1.O=[N+]([O-])c1ccc(CBr)cc1. The zero-order chi connectivity index (χ0) is 35.2. The largest absolute Gasteiger partial charge is 0.444 e. The van der Waals surface area contributed by atoms with Gasteiger partial charge >= 0.3 is 12.2 Å². The lowest BCUT2D eigenvalue weighted by Gasteiger charge is -2.35. The summed E-state index contributed by atoms with van der Waals surface area (Å²) >= 11 is 3.25. The van der Waals surface area contributed by atoms with Crippen LogP contribution in [0.2, 0.25) is 0 Å². The molecule has 0 bridgehead atoms. The molecule has 0 aliphatic carbocycles. The minimum Gasteiger partial charge on any atom is -0.444 e. The van der Waals surface area contributed by atoms with Gasteiger partial charge in [0.1, 0.15) is 11.2 Å². The van der Waals surface area contributed by atoms with Crippen LogP contribution in [0.4, 0.5) is 21.0 Å². The van der Waals surface area contributed by atoms with Gasteiger partial charge in [-0.15, -0.1) is 0 Å². The highest BCUT2D eigenvalue weighted by Gasteiger charge is 2.26. The zero-order valence-corrected chi connectivity index (χ0v) is 29.7. The summed E-state index contributed by atoms with van der Waals surface area (Å²) in [6.07, 6.45) is -0.471. The number of nitrogens with zero attached hydrogens (tertiary/aromatic N) is 5. The van der Waals surface area contributed by atoms with Crippen LogP contribution in [0, 0.1) is 20.2 Å². The summed E-state index contributed by atoms with van der Waals surface area (Å²) in [5, 5.41) is 24.8. The van der Waals surface area contributed by atoms with E-state index in [-0.39, 0.29) is 29.2 Å². The molecule has 2 amide bonds. The maximum Gasteiger partial charge on any atom is 0.410 e. The Hall–Kier alpha value is -3.82. The van der Waals surface area contributed by atoms with Crippen molar-refractivity contribution in [1.29, 1.82) is 0 Å². The molecule has 0 radical (unpaired) electrons. The maximum absolute atomic E-state index is 12.0. The van der Waals surface area contributed by atoms with Crippen LogP contribution < -0.4 is 5.32 Å². The Kier molecular flexibility index (Phi) is 15.5. The lowest BCUT2D eigenvalue weighted by molar-refractivity contribution is -0.385. The molecule has 15 heteroatoms. The second-order valence-corrected chi connectivity index (χ2v) is 13.5. The normalized spacial score (nSPS) is 15.3. The number of ether oxygens (including phenoxy) is 2. The summed E-state index contributed by atoms with van der Waals surface area (Å²) in [5.74, 6) is 0. The van der Waals surface area contributed by atoms with E-state index in [0.29, 0.717) is 13.1 Å². The summed E-state index contributed by atoms with van der Waals surface area (Å²) in [5.41, 5.74) is 1.43. The van der Waals surface area contributed by atoms with E-state index < -0.39 is 15.4 Å². The van der Waals surface area contributed by atoms with E-state index in [1.807, 2.05) is 41.5 Å². The van der Waals surface area contributed by atoms with Crippen LogP contribution in [-0.4, -0.2) is 100 Å². The first-order chi connectivity index (χ1) is 22.0. The van der Waals surface area contributed by atoms with Crippen molar-refractivity contribution in [3.63, 3.8) is 0 Å². The fourth-order valence-electron chi connectivity index (χ4n) is 4.28. The number of piperazine rings is 2. The Labute approximate surface area is 284 Å². The Balaban J connectivity index is 0.000000270. The molecule has 2 aliphatic heterocycles. The van der Waals surface area contributed by atoms with E-state index in [1.165, 1.54) is 24.3 Å². The minimum atomic E-state index is -0.479. The van der Waals surface area contributed by atoms with Crippen LogP contribution in [0.5, 0.6) is 0 Å².